The molecule has 0 heterocycles. The van der Waals surface area contributed by atoms with Gasteiger partial charge in [-0.2, -0.15) is 25.3 Å². The molecule has 0 atom stereocenters. The van der Waals surface area contributed by atoms with Gasteiger partial charge in [-0.3, -0.25) is 0 Å². The van der Waals surface area contributed by atoms with Crippen molar-refractivity contribution in [1.82, 2.24) is 11.4 Å². The van der Waals surface area contributed by atoms with E-state index < -0.39 is 11.9 Å². The van der Waals surface area contributed by atoms with E-state index in [0.29, 0.717) is 6.61 Å². The monoisotopic (exact) mass is 286 g/mol. The van der Waals surface area contributed by atoms with Gasteiger partial charge in [-0.1, -0.05) is 0 Å². The van der Waals surface area contributed by atoms with Crippen molar-refractivity contribution in [3.05, 3.63) is 0 Å². The van der Waals surface area contributed by atoms with Crippen molar-refractivity contribution in [2.75, 3.05) is 31.3 Å². The number of carbonyl (C=O) groups is 2. The van der Waals surface area contributed by atoms with Gasteiger partial charge in [0, 0.05) is 11.8 Å². The fourth-order valence-corrected chi connectivity index (χ4v) is 0.794. The van der Waals surface area contributed by atoms with Crippen molar-refractivity contribution >= 4 is 37.2 Å². The zero-order valence-corrected chi connectivity index (χ0v) is 11.4. The average Bonchev–Trinajstić information content (AvgIpc) is 2.28. The molecular weight excluding hydrogens is 268 g/mol. The van der Waals surface area contributed by atoms with Gasteiger partial charge in [0.2, 0.25) is 0 Å². The van der Waals surface area contributed by atoms with Crippen molar-refractivity contribution < 1.29 is 24.0 Å². The summed E-state index contributed by atoms with van der Waals surface area (Å²) in [6, 6.07) is 0. The van der Waals surface area contributed by atoms with Gasteiger partial charge in [-0.15, -0.1) is 0 Å². The van der Waals surface area contributed by atoms with Gasteiger partial charge in [0.05, 0.1) is 24.7 Å². The fourth-order valence-electron chi connectivity index (χ4n) is 0.678. The molecule has 0 aromatic rings. The molecule has 0 fully saturated rings. The van der Waals surface area contributed by atoms with Crippen LogP contribution in [0, 0.1) is 0 Å². The lowest BCUT2D eigenvalue weighted by Crippen LogP contribution is -2.34. The van der Waals surface area contributed by atoms with Gasteiger partial charge in [-0.05, 0) is 6.92 Å². The van der Waals surface area contributed by atoms with Crippen LogP contribution in [0.5, 0.6) is 0 Å². The summed E-state index contributed by atoms with van der Waals surface area (Å²) >= 11 is 7.45. The Morgan fingerprint density at radius 3 is 1.94 bits per heavy atom. The summed E-state index contributed by atoms with van der Waals surface area (Å²) in [4.78, 5) is 31.2. The number of ether oxygens (including phenoxy) is 1. The summed E-state index contributed by atoms with van der Waals surface area (Å²) < 4.78 is 5.03. The highest BCUT2D eigenvalue weighted by Gasteiger charge is 2.15. The van der Waals surface area contributed by atoms with Gasteiger partial charge in [-0.25, -0.2) is 9.59 Å². The van der Waals surface area contributed by atoms with E-state index in [1.54, 1.807) is 0 Å². The molecule has 0 radical (unpaired) electrons. The summed E-state index contributed by atoms with van der Waals surface area (Å²) in [5, 5.41) is 0.771. The van der Waals surface area contributed by atoms with E-state index in [1.165, 1.54) is 0 Å². The highest BCUT2D eigenvalue weighted by atomic mass is 32.1. The maximum atomic E-state index is 10.9. The summed E-state index contributed by atoms with van der Waals surface area (Å²) in [6.07, 6.45) is 0. The van der Waals surface area contributed by atoms with E-state index in [4.69, 9.17) is 4.74 Å². The van der Waals surface area contributed by atoms with Crippen LogP contribution in [0.4, 0.5) is 0 Å². The second-order valence-corrected chi connectivity index (χ2v) is 3.13. The van der Waals surface area contributed by atoms with Crippen molar-refractivity contribution in [2.45, 2.75) is 6.92 Å². The maximum Gasteiger partial charge on any atom is 0.338 e. The van der Waals surface area contributed by atoms with Crippen LogP contribution in [0.2, 0.25) is 0 Å². The van der Waals surface area contributed by atoms with E-state index in [0.717, 1.165) is 5.23 Å². The Hall–Kier alpha value is -0.480. The molecule has 0 aliphatic rings. The third kappa shape index (κ3) is 10.4. The first-order valence-electron chi connectivity index (χ1n) is 4.62. The number of thiol groups is 2. The maximum absolute atomic E-state index is 10.9. The minimum absolute atomic E-state index is 0. The van der Waals surface area contributed by atoms with E-state index >= 15 is 0 Å². The van der Waals surface area contributed by atoms with Crippen LogP contribution in [-0.4, -0.2) is 48.4 Å². The molecule has 0 bridgehead atoms. The number of carbonyl (C=O) groups excluding carboxylic acids is 2. The Morgan fingerprint density at radius 1 is 1.12 bits per heavy atom. The van der Waals surface area contributed by atoms with Gasteiger partial charge in [0.1, 0.15) is 0 Å². The highest BCUT2D eigenvalue weighted by Crippen LogP contribution is 1.97. The predicted molar refractivity (Wildman–Crippen MR) is 68.1 cm³/mol. The summed E-state index contributed by atoms with van der Waals surface area (Å²) in [6.45, 7) is 2.75. The topological polar surface area (TPSA) is 100 Å². The number of hydrogen-bond donors (Lipinski definition) is 3. The Balaban J connectivity index is 0. The number of hydrogen-bond acceptors (Lipinski definition) is 9. The molecule has 0 saturated carbocycles. The van der Waals surface area contributed by atoms with E-state index in [9.17, 15) is 9.59 Å². The van der Waals surface area contributed by atoms with E-state index in [2.05, 4.69) is 34.9 Å². The van der Waals surface area contributed by atoms with Crippen molar-refractivity contribution in [3.8, 4) is 0 Å². The lowest BCUT2D eigenvalue weighted by Gasteiger charge is -2.18. The quantitative estimate of drug-likeness (QED) is 0.334. The van der Waals surface area contributed by atoms with Gasteiger partial charge < -0.3 is 20.6 Å². The second-order valence-electron chi connectivity index (χ2n) is 2.50. The molecule has 0 aliphatic carbocycles. The molecule has 0 amide bonds. The highest BCUT2D eigenvalue weighted by molar-refractivity contribution is 7.81. The van der Waals surface area contributed by atoms with E-state index in [1.807, 2.05) is 6.92 Å². The summed E-state index contributed by atoms with van der Waals surface area (Å²) in [7, 11) is 0. The van der Waals surface area contributed by atoms with Gasteiger partial charge in [0.15, 0.2) is 0 Å². The largest absolute Gasteiger partial charge is 0.380 e. The average molecular weight is 286 g/mol. The smallest absolute Gasteiger partial charge is 0.338 e. The molecule has 3 N–H and O–H groups in total. The normalized spacial score (nSPS) is 9.65. The second kappa shape index (κ2) is 12.0. The molecule has 7 nitrogen and oxygen atoms in total. The molecule has 0 spiro atoms. The molecule has 0 saturated heterocycles. The van der Waals surface area contributed by atoms with Crippen LogP contribution in [0.15, 0.2) is 0 Å². The lowest BCUT2D eigenvalue weighted by atomic mass is 10.7. The fraction of sp³-hybridized carbons (Fsp3) is 0.750. The molecule has 0 aromatic carbocycles. The molecule has 17 heavy (non-hydrogen) atoms. The Kier molecular flexibility index (Phi) is 13.3. The molecule has 0 rings (SSSR count). The van der Waals surface area contributed by atoms with Crippen LogP contribution >= 0.6 is 25.3 Å². The Morgan fingerprint density at radius 2 is 1.59 bits per heavy atom. The summed E-state index contributed by atoms with van der Waals surface area (Å²) in [5.41, 5.74) is 0. The van der Waals surface area contributed by atoms with Crippen LogP contribution in [0.25, 0.3) is 0 Å². The van der Waals surface area contributed by atoms with E-state index in [-0.39, 0.29) is 30.8 Å². The molecule has 0 aliphatic heterocycles. The van der Waals surface area contributed by atoms with Crippen LogP contribution in [0.3, 0.4) is 0 Å². The Labute approximate surface area is 111 Å². The first-order chi connectivity index (χ1) is 7.63. The number of rotatable bonds is 8. The third-order valence-electron chi connectivity index (χ3n) is 1.29. The SMILES string of the molecule is CCOCCN(OC(=O)CS)OC(=O)CS.N. The van der Waals surface area contributed by atoms with Crippen molar-refractivity contribution in [2.24, 2.45) is 0 Å². The minimum atomic E-state index is -0.619. The zero-order valence-electron chi connectivity index (χ0n) is 9.63. The van der Waals surface area contributed by atoms with Crippen molar-refractivity contribution in [1.29, 1.82) is 0 Å². The lowest BCUT2D eigenvalue weighted by molar-refractivity contribution is -0.325. The molecule has 0 aromatic heterocycles. The van der Waals surface area contributed by atoms with Gasteiger partial charge >= 0.3 is 11.9 Å². The number of hydroxylamine groups is 2. The summed E-state index contributed by atoms with van der Waals surface area (Å²) in [5.74, 6) is -1.45. The number of nitrogens with zero attached hydrogens (tertiary/aromatic N) is 1. The minimum Gasteiger partial charge on any atom is -0.380 e. The van der Waals surface area contributed by atoms with Crippen LogP contribution in [-0.2, 0) is 24.0 Å². The standard InChI is InChI=1S/C8H15NO5S2.H3N/c1-2-12-4-3-9(13-7(10)5-15)14-8(11)6-16;/h15-16H,2-6H2,1H3;1H3. The van der Waals surface area contributed by atoms with Crippen LogP contribution < -0.4 is 6.15 Å². The molecular formula is C8H18N2O5S2. The van der Waals surface area contributed by atoms with Crippen molar-refractivity contribution in [3.63, 3.8) is 0 Å². The molecule has 0 unspecified atom stereocenters. The zero-order chi connectivity index (χ0) is 12.4. The molecule has 102 valence electrons. The first kappa shape index (κ1) is 18.9. The Bertz CT molecular complexity index is 212. The predicted octanol–water partition coefficient (Wildman–Crippen LogP) is 0.263. The first-order valence-corrected chi connectivity index (χ1v) is 5.89. The molecule has 9 heteroatoms. The third-order valence-corrected chi connectivity index (χ3v) is 1.80. The van der Waals surface area contributed by atoms with Gasteiger partial charge in [0.25, 0.3) is 0 Å². The van der Waals surface area contributed by atoms with Crippen LogP contribution in [0.1, 0.15) is 6.92 Å².